The van der Waals surface area contributed by atoms with Gasteiger partial charge in [0.15, 0.2) is 0 Å². The maximum absolute atomic E-state index is 6.08. The third kappa shape index (κ3) is 2.08. The van der Waals surface area contributed by atoms with E-state index in [1.807, 2.05) is 12.1 Å². The van der Waals surface area contributed by atoms with Gasteiger partial charge >= 0.3 is 0 Å². The van der Waals surface area contributed by atoms with Crippen molar-refractivity contribution in [2.45, 2.75) is 19.8 Å². The molecule has 0 amide bonds. The number of hydrogen-bond donors (Lipinski definition) is 1. The molecule has 0 radical (unpaired) electrons. The Morgan fingerprint density at radius 3 is 2.63 bits per heavy atom. The highest BCUT2D eigenvalue weighted by molar-refractivity contribution is 9.10. The van der Waals surface area contributed by atoms with Gasteiger partial charge < -0.3 is 5.73 Å². The van der Waals surface area contributed by atoms with Crippen LogP contribution in [0.5, 0.6) is 0 Å². The summed E-state index contributed by atoms with van der Waals surface area (Å²) in [6.45, 7) is 2.15. The van der Waals surface area contributed by atoms with Crippen LogP contribution in [0, 0.1) is 0 Å². The molecule has 3 heteroatoms. The number of hydrogen-bond acceptors (Lipinski definition) is 2. The van der Waals surface area contributed by atoms with Gasteiger partial charge in [-0.2, -0.15) is 0 Å². The standard InChI is InChI=1S/C16H15BrN2/c1-2-5-10-8-11-9-14(17)12-6-3-4-7-13(12)15(11)19-16(10)18/h3-4,6-9H,2,5H2,1H3,(H2,18,19). The Bertz CT molecular complexity index is 765. The lowest BCUT2D eigenvalue weighted by Crippen LogP contribution is -1.98. The van der Waals surface area contributed by atoms with Crippen LogP contribution in [0.2, 0.25) is 0 Å². The van der Waals surface area contributed by atoms with Gasteiger partial charge in [0.1, 0.15) is 5.82 Å². The minimum atomic E-state index is 0.654. The van der Waals surface area contributed by atoms with Crippen LogP contribution < -0.4 is 5.73 Å². The first-order valence-electron chi connectivity index (χ1n) is 6.47. The number of benzene rings is 2. The van der Waals surface area contributed by atoms with E-state index in [0.717, 1.165) is 39.2 Å². The van der Waals surface area contributed by atoms with Gasteiger partial charge in [0, 0.05) is 15.2 Å². The number of anilines is 1. The normalized spacial score (nSPS) is 11.3. The number of pyridine rings is 1. The molecular weight excluding hydrogens is 300 g/mol. The second-order valence-corrected chi connectivity index (χ2v) is 5.61. The molecule has 3 aromatic rings. The SMILES string of the molecule is CCCc1cc2cc(Br)c3ccccc3c2nc1N. The summed E-state index contributed by atoms with van der Waals surface area (Å²) in [6.07, 6.45) is 2.05. The minimum absolute atomic E-state index is 0.654. The maximum atomic E-state index is 6.08. The highest BCUT2D eigenvalue weighted by atomic mass is 79.9. The van der Waals surface area contributed by atoms with E-state index in [1.54, 1.807) is 0 Å². The predicted octanol–water partition coefficient (Wildman–Crippen LogP) is 4.69. The number of halogens is 1. The molecule has 19 heavy (non-hydrogen) atoms. The van der Waals surface area contributed by atoms with Crippen LogP contribution in [-0.4, -0.2) is 4.98 Å². The topological polar surface area (TPSA) is 38.9 Å². The molecular formula is C16H15BrN2. The summed E-state index contributed by atoms with van der Waals surface area (Å²) in [5, 5.41) is 3.45. The van der Waals surface area contributed by atoms with Crippen LogP contribution >= 0.6 is 15.9 Å². The molecule has 0 bridgehead atoms. The molecule has 96 valence electrons. The zero-order valence-electron chi connectivity index (χ0n) is 10.8. The smallest absolute Gasteiger partial charge is 0.127 e. The molecule has 2 nitrogen and oxygen atoms in total. The molecule has 1 heterocycles. The first kappa shape index (κ1) is 12.4. The number of nitrogens with zero attached hydrogens (tertiary/aromatic N) is 1. The van der Waals surface area contributed by atoms with Gasteiger partial charge in [-0.1, -0.05) is 53.5 Å². The van der Waals surface area contributed by atoms with E-state index in [0.29, 0.717) is 5.82 Å². The fourth-order valence-electron chi connectivity index (χ4n) is 2.49. The van der Waals surface area contributed by atoms with Crippen LogP contribution in [0.3, 0.4) is 0 Å². The van der Waals surface area contributed by atoms with Crippen molar-refractivity contribution in [2.24, 2.45) is 0 Å². The molecule has 2 aromatic carbocycles. The van der Waals surface area contributed by atoms with Crippen molar-refractivity contribution in [3.8, 4) is 0 Å². The Hall–Kier alpha value is -1.61. The van der Waals surface area contributed by atoms with Crippen LogP contribution in [0.1, 0.15) is 18.9 Å². The Morgan fingerprint density at radius 2 is 1.89 bits per heavy atom. The molecule has 0 atom stereocenters. The summed E-state index contributed by atoms with van der Waals surface area (Å²) >= 11 is 3.64. The largest absolute Gasteiger partial charge is 0.383 e. The van der Waals surface area contributed by atoms with Gasteiger partial charge in [-0.05, 0) is 29.5 Å². The lowest BCUT2D eigenvalue weighted by molar-refractivity contribution is 0.921. The molecule has 3 rings (SSSR count). The number of rotatable bonds is 2. The summed E-state index contributed by atoms with van der Waals surface area (Å²) in [5.41, 5.74) is 8.20. The number of nitrogens with two attached hydrogens (primary N) is 1. The van der Waals surface area contributed by atoms with E-state index in [2.05, 4.69) is 52.1 Å². The second-order valence-electron chi connectivity index (χ2n) is 4.76. The van der Waals surface area contributed by atoms with Crippen molar-refractivity contribution < 1.29 is 0 Å². The van der Waals surface area contributed by atoms with E-state index in [1.165, 1.54) is 5.39 Å². The second kappa shape index (κ2) is 4.82. The molecule has 0 saturated heterocycles. The summed E-state index contributed by atoms with van der Waals surface area (Å²) in [5.74, 6) is 0.654. The van der Waals surface area contributed by atoms with Gasteiger partial charge in [-0.25, -0.2) is 4.98 Å². The van der Waals surface area contributed by atoms with E-state index in [4.69, 9.17) is 5.73 Å². The Labute approximate surface area is 120 Å². The lowest BCUT2D eigenvalue weighted by atomic mass is 10.0. The van der Waals surface area contributed by atoms with E-state index in [-0.39, 0.29) is 0 Å². The molecule has 0 saturated carbocycles. The molecule has 0 aliphatic carbocycles. The maximum Gasteiger partial charge on any atom is 0.127 e. The first-order chi connectivity index (χ1) is 9.20. The Kier molecular flexibility index (Phi) is 3.15. The molecule has 0 fully saturated rings. The minimum Gasteiger partial charge on any atom is -0.383 e. The third-order valence-electron chi connectivity index (χ3n) is 3.41. The van der Waals surface area contributed by atoms with Crippen LogP contribution in [0.15, 0.2) is 40.9 Å². The molecule has 2 N–H and O–H groups in total. The summed E-state index contributed by atoms with van der Waals surface area (Å²) < 4.78 is 1.10. The summed E-state index contributed by atoms with van der Waals surface area (Å²) in [6, 6.07) is 12.5. The molecule has 0 aliphatic heterocycles. The number of aryl methyl sites for hydroxylation is 1. The summed E-state index contributed by atoms with van der Waals surface area (Å²) in [4.78, 5) is 4.62. The number of nitrogen functional groups attached to an aromatic ring is 1. The van der Waals surface area contributed by atoms with E-state index < -0.39 is 0 Å². The van der Waals surface area contributed by atoms with Crippen molar-refractivity contribution in [3.05, 3.63) is 46.4 Å². The fourth-order valence-corrected chi connectivity index (χ4v) is 3.09. The highest BCUT2D eigenvalue weighted by Crippen LogP contribution is 2.32. The Morgan fingerprint density at radius 1 is 1.16 bits per heavy atom. The van der Waals surface area contributed by atoms with Gasteiger partial charge in [-0.15, -0.1) is 0 Å². The highest BCUT2D eigenvalue weighted by Gasteiger charge is 2.09. The first-order valence-corrected chi connectivity index (χ1v) is 7.26. The monoisotopic (exact) mass is 314 g/mol. The average Bonchev–Trinajstić information content (AvgIpc) is 2.42. The van der Waals surface area contributed by atoms with Crippen LogP contribution in [-0.2, 0) is 6.42 Å². The van der Waals surface area contributed by atoms with Gasteiger partial charge in [-0.3, -0.25) is 0 Å². The molecule has 0 unspecified atom stereocenters. The van der Waals surface area contributed by atoms with Crippen LogP contribution in [0.4, 0.5) is 5.82 Å². The van der Waals surface area contributed by atoms with Crippen molar-refractivity contribution in [1.82, 2.24) is 4.98 Å². The zero-order chi connectivity index (χ0) is 13.4. The van der Waals surface area contributed by atoms with Crippen LogP contribution in [0.25, 0.3) is 21.7 Å². The van der Waals surface area contributed by atoms with Crippen molar-refractivity contribution in [1.29, 1.82) is 0 Å². The Balaban J connectivity index is 2.40. The average molecular weight is 315 g/mol. The molecule has 0 spiro atoms. The van der Waals surface area contributed by atoms with Crippen molar-refractivity contribution in [3.63, 3.8) is 0 Å². The number of aromatic nitrogens is 1. The summed E-state index contributed by atoms with van der Waals surface area (Å²) in [7, 11) is 0. The predicted molar refractivity (Wildman–Crippen MR) is 85.4 cm³/mol. The fraction of sp³-hybridized carbons (Fsp3) is 0.188. The number of fused-ring (bicyclic) bond motifs is 3. The molecule has 1 aromatic heterocycles. The molecule has 0 aliphatic rings. The van der Waals surface area contributed by atoms with Gasteiger partial charge in [0.25, 0.3) is 0 Å². The quantitative estimate of drug-likeness (QED) is 0.697. The third-order valence-corrected chi connectivity index (χ3v) is 4.06. The van der Waals surface area contributed by atoms with Gasteiger partial charge in [0.2, 0.25) is 0 Å². The van der Waals surface area contributed by atoms with Gasteiger partial charge in [0.05, 0.1) is 5.52 Å². The lowest BCUT2D eigenvalue weighted by Gasteiger charge is -2.09. The van der Waals surface area contributed by atoms with E-state index in [9.17, 15) is 0 Å². The van der Waals surface area contributed by atoms with Crippen molar-refractivity contribution >= 4 is 43.4 Å². The van der Waals surface area contributed by atoms with Crippen molar-refractivity contribution in [2.75, 3.05) is 5.73 Å². The zero-order valence-corrected chi connectivity index (χ0v) is 12.4. The van der Waals surface area contributed by atoms with E-state index >= 15 is 0 Å².